The molecule has 0 aliphatic heterocycles. The fraction of sp³-hybridized carbons (Fsp3) is 0.571. The van der Waals surface area contributed by atoms with Crippen LogP contribution in [0.1, 0.15) is 31.9 Å². The lowest BCUT2D eigenvalue weighted by atomic mass is 9.91. The Hall–Kier alpha value is -1.49. The number of pyridine rings is 1. The molecule has 19 heavy (non-hydrogen) atoms. The van der Waals surface area contributed by atoms with E-state index in [9.17, 15) is 9.18 Å². The summed E-state index contributed by atoms with van der Waals surface area (Å²) in [6.07, 6.45) is 4.00. The van der Waals surface area contributed by atoms with E-state index in [1.807, 2.05) is 6.92 Å². The molecule has 0 spiro atoms. The Morgan fingerprint density at radius 2 is 2.32 bits per heavy atom. The average Bonchev–Trinajstić information content (AvgIpc) is 3.25. The SMILES string of the molecule is CCC(NCC1CC1)(C(=O)OC)c1ccc(F)cn1. The number of nitrogens with one attached hydrogen (secondary N) is 1. The Balaban J connectivity index is 2.29. The second-order valence-corrected chi connectivity index (χ2v) is 4.94. The zero-order valence-electron chi connectivity index (χ0n) is 11.3. The minimum absolute atomic E-state index is 0.380. The van der Waals surface area contributed by atoms with E-state index in [0.717, 1.165) is 12.7 Å². The molecule has 1 heterocycles. The van der Waals surface area contributed by atoms with Crippen molar-refractivity contribution < 1.29 is 13.9 Å². The lowest BCUT2D eigenvalue weighted by Crippen LogP contribution is -2.50. The number of rotatable bonds is 6. The van der Waals surface area contributed by atoms with Crippen LogP contribution in [0, 0.1) is 11.7 Å². The highest BCUT2D eigenvalue weighted by atomic mass is 19.1. The smallest absolute Gasteiger partial charge is 0.332 e. The van der Waals surface area contributed by atoms with E-state index in [4.69, 9.17) is 4.74 Å². The van der Waals surface area contributed by atoms with Crippen LogP contribution in [0.5, 0.6) is 0 Å². The number of hydrogen-bond acceptors (Lipinski definition) is 4. The van der Waals surface area contributed by atoms with Crippen LogP contribution in [-0.2, 0) is 15.1 Å². The first kappa shape index (κ1) is 13.9. The zero-order valence-corrected chi connectivity index (χ0v) is 11.3. The predicted molar refractivity (Wildman–Crippen MR) is 68.9 cm³/mol. The lowest BCUT2D eigenvalue weighted by Gasteiger charge is -2.30. The number of carbonyl (C=O) groups is 1. The van der Waals surface area contributed by atoms with Crippen molar-refractivity contribution in [1.29, 1.82) is 0 Å². The molecular formula is C14H19FN2O2. The molecule has 104 valence electrons. The molecule has 1 fully saturated rings. The van der Waals surface area contributed by atoms with E-state index < -0.39 is 11.4 Å². The Kier molecular flexibility index (Phi) is 4.14. The summed E-state index contributed by atoms with van der Waals surface area (Å²) in [4.78, 5) is 16.2. The maximum Gasteiger partial charge on any atom is 0.332 e. The summed E-state index contributed by atoms with van der Waals surface area (Å²) in [7, 11) is 1.36. The van der Waals surface area contributed by atoms with Gasteiger partial charge in [-0.1, -0.05) is 6.92 Å². The standard InChI is InChI=1S/C14H19FN2O2/c1-3-14(13(18)19-2,17-8-10-4-5-10)12-7-6-11(15)9-16-12/h6-7,9-10,17H,3-5,8H2,1-2H3. The van der Waals surface area contributed by atoms with Crippen LogP contribution in [0.4, 0.5) is 4.39 Å². The minimum atomic E-state index is -0.981. The van der Waals surface area contributed by atoms with Gasteiger partial charge in [-0.05, 0) is 43.9 Å². The average molecular weight is 266 g/mol. The van der Waals surface area contributed by atoms with Crippen LogP contribution in [0.15, 0.2) is 18.3 Å². The van der Waals surface area contributed by atoms with Gasteiger partial charge in [-0.15, -0.1) is 0 Å². The summed E-state index contributed by atoms with van der Waals surface area (Å²) < 4.78 is 17.9. The second kappa shape index (κ2) is 5.65. The molecule has 0 aromatic carbocycles. The van der Waals surface area contributed by atoms with Crippen molar-refractivity contribution in [2.24, 2.45) is 5.92 Å². The van der Waals surface area contributed by atoms with Gasteiger partial charge in [-0.2, -0.15) is 0 Å². The first-order valence-electron chi connectivity index (χ1n) is 6.58. The van der Waals surface area contributed by atoms with Gasteiger partial charge in [0.25, 0.3) is 0 Å². The first-order chi connectivity index (χ1) is 9.12. The Morgan fingerprint density at radius 3 is 2.79 bits per heavy atom. The van der Waals surface area contributed by atoms with Crippen molar-refractivity contribution in [2.75, 3.05) is 13.7 Å². The highest BCUT2D eigenvalue weighted by Crippen LogP contribution is 2.31. The van der Waals surface area contributed by atoms with Gasteiger partial charge in [0.15, 0.2) is 5.54 Å². The van der Waals surface area contributed by atoms with Crippen LogP contribution in [-0.4, -0.2) is 24.6 Å². The first-order valence-corrected chi connectivity index (χ1v) is 6.58. The third-order valence-corrected chi connectivity index (χ3v) is 3.62. The summed E-state index contributed by atoms with van der Waals surface area (Å²) in [6, 6.07) is 2.85. The van der Waals surface area contributed by atoms with Crippen molar-refractivity contribution in [3.05, 3.63) is 29.8 Å². The van der Waals surface area contributed by atoms with Crippen LogP contribution < -0.4 is 5.32 Å². The molecule has 1 aromatic heterocycles. The lowest BCUT2D eigenvalue weighted by molar-refractivity contribution is -0.149. The molecule has 1 aliphatic rings. The van der Waals surface area contributed by atoms with Crippen molar-refractivity contribution in [3.63, 3.8) is 0 Å². The molecular weight excluding hydrogens is 247 g/mol. The number of hydrogen-bond donors (Lipinski definition) is 1. The van der Waals surface area contributed by atoms with Gasteiger partial charge in [0.2, 0.25) is 0 Å². The van der Waals surface area contributed by atoms with Crippen molar-refractivity contribution in [2.45, 2.75) is 31.7 Å². The fourth-order valence-electron chi connectivity index (χ4n) is 2.16. The molecule has 2 rings (SSSR count). The third kappa shape index (κ3) is 2.92. The van der Waals surface area contributed by atoms with Crippen LogP contribution in [0.3, 0.4) is 0 Å². The van der Waals surface area contributed by atoms with Crippen molar-refractivity contribution in [1.82, 2.24) is 10.3 Å². The molecule has 4 nitrogen and oxygen atoms in total. The van der Waals surface area contributed by atoms with Crippen LogP contribution in [0.2, 0.25) is 0 Å². The number of methoxy groups -OCH3 is 1. The molecule has 5 heteroatoms. The van der Waals surface area contributed by atoms with Crippen LogP contribution in [0.25, 0.3) is 0 Å². The third-order valence-electron chi connectivity index (χ3n) is 3.62. The molecule has 1 N–H and O–H groups in total. The molecule has 0 bridgehead atoms. The molecule has 0 saturated heterocycles. The van der Waals surface area contributed by atoms with E-state index in [2.05, 4.69) is 10.3 Å². The molecule has 0 amide bonds. The van der Waals surface area contributed by atoms with Gasteiger partial charge in [-0.25, -0.2) is 9.18 Å². The fourth-order valence-corrected chi connectivity index (χ4v) is 2.16. The van der Waals surface area contributed by atoms with Gasteiger partial charge in [-0.3, -0.25) is 10.3 Å². The number of aromatic nitrogens is 1. The maximum atomic E-state index is 13.0. The normalized spacial score (nSPS) is 17.8. The second-order valence-electron chi connectivity index (χ2n) is 4.94. The van der Waals surface area contributed by atoms with E-state index >= 15 is 0 Å². The summed E-state index contributed by atoms with van der Waals surface area (Å²) >= 11 is 0. The molecule has 1 atom stereocenters. The topological polar surface area (TPSA) is 51.2 Å². The Bertz CT molecular complexity index is 445. The zero-order chi connectivity index (χ0) is 13.9. The highest BCUT2D eigenvalue weighted by Gasteiger charge is 2.42. The maximum absolute atomic E-state index is 13.0. The number of esters is 1. The molecule has 0 radical (unpaired) electrons. The van der Waals surface area contributed by atoms with Crippen LogP contribution >= 0.6 is 0 Å². The summed E-state index contributed by atoms with van der Waals surface area (Å²) in [5.74, 6) is -0.174. The predicted octanol–water partition coefficient (Wildman–Crippen LogP) is 2.00. The van der Waals surface area contributed by atoms with Gasteiger partial charge >= 0.3 is 5.97 Å². The largest absolute Gasteiger partial charge is 0.467 e. The Labute approximate surface area is 112 Å². The summed E-state index contributed by atoms with van der Waals surface area (Å²) in [5, 5.41) is 3.27. The molecule has 1 aliphatic carbocycles. The Morgan fingerprint density at radius 1 is 1.58 bits per heavy atom. The van der Waals surface area contributed by atoms with Gasteiger partial charge in [0.1, 0.15) is 5.82 Å². The molecule has 1 saturated carbocycles. The van der Waals surface area contributed by atoms with E-state index in [1.165, 1.54) is 32.1 Å². The van der Waals surface area contributed by atoms with Crippen molar-refractivity contribution in [3.8, 4) is 0 Å². The van der Waals surface area contributed by atoms with Gasteiger partial charge in [0, 0.05) is 0 Å². The quantitative estimate of drug-likeness (QED) is 0.800. The minimum Gasteiger partial charge on any atom is -0.467 e. The monoisotopic (exact) mass is 266 g/mol. The summed E-state index contributed by atoms with van der Waals surface area (Å²) in [6.45, 7) is 2.64. The van der Waals surface area contributed by atoms with Gasteiger partial charge in [0.05, 0.1) is 19.0 Å². The van der Waals surface area contributed by atoms with Crippen molar-refractivity contribution >= 4 is 5.97 Å². The highest BCUT2D eigenvalue weighted by molar-refractivity contribution is 5.81. The van der Waals surface area contributed by atoms with E-state index in [1.54, 1.807) is 0 Å². The molecule has 1 aromatic rings. The number of nitrogens with zero attached hydrogens (tertiary/aromatic N) is 1. The number of ether oxygens (including phenoxy) is 1. The number of halogens is 1. The summed E-state index contributed by atoms with van der Waals surface area (Å²) in [5.41, 5.74) is -0.477. The number of carbonyl (C=O) groups excluding carboxylic acids is 1. The van der Waals surface area contributed by atoms with E-state index in [0.29, 0.717) is 18.0 Å². The van der Waals surface area contributed by atoms with Gasteiger partial charge < -0.3 is 4.74 Å². The molecule has 1 unspecified atom stereocenters. The van der Waals surface area contributed by atoms with E-state index in [-0.39, 0.29) is 5.97 Å².